The lowest BCUT2D eigenvalue weighted by atomic mass is 10.2. The van der Waals surface area contributed by atoms with E-state index in [-0.39, 0.29) is 16.7 Å². The average molecular weight is 395 g/mol. The maximum Gasteiger partial charge on any atom is 0.193 e. The van der Waals surface area contributed by atoms with Crippen molar-refractivity contribution in [2.24, 2.45) is 0 Å². The lowest BCUT2D eigenvalue weighted by molar-refractivity contribution is 0.0978. The molecular formula is C18H39FO4Si2. The normalized spacial score (nSPS) is 17.6. The van der Waals surface area contributed by atoms with Gasteiger partial charge in [-0.2, -0.15) is 0 Å². The van der Waals surface area contributed by atoms with E-state index in [1.165, 1.54) is 6.08 Å². The van der Waals surface area contributed by atoms with Crippen molar-refractivity contribution in [2.45, 2.75) is 90.0 Å². The maximum atomic E-state index is 14.1. The molecule has 2 N–H and O–H groups in total. The second kappa shape index (κ2) is 8.75. The molecule has 0 fully saturated rings. The van der Waals surface area contributed by atoms with E-state index in [2.05, 4.69) is 67.7 Å². The predicted octanol–water partition coefficient (Wildman–Crippen LogP) is 4.61. The Morgan fingerprint density at radius 3 is 1.80 bits per heavy atom. The SMILES string of the molecule is CC(C)(C)[Si](C)(C)OC[C@@H](/C=C(/F)C(O)CO)O[Si](C)(C)C(C)(C)C. The Labute approximate surface area is 155 Å². The Kier molecular flexibility index (Phi) is 8.74. The molecule has 4 nitrogen and oxygen atoms in total. The first-order chi connectivity index (χ1) is 10.9. The van der Waals surface area contributed by atoms with Crippen LogP contribution in [0.2, 0.25) is 36.3 Å². The van der Waals surface area contributed by atoms with E-state index in [9.17, 15) is 9.50 Å². The van der Waals surface area contributed by atoms with Crippen LogP contribution in [0.15, 0.2) is 11.9 Å². The van der Waals surface area contributed by atoms with Crippen molar-refractivity contribution >= 4 is 16.6 Å². The molecule has 7 heteroatoms. The highest BCUT2D eigenvalue weighted by Gasteiger charge is 2.41. The minimum absolute atomic E-state index is 0.0257. The summed E-state index contributed by atoms with van der Waals surface area (Å²) in [6.07, 6.45) is -0.844. The van der Waals surface area contributed by atoms with Crippen molar-refractivity contribution in [3.63, 3.8) is 0 Å². The molecule has 0 heterocycles. The van der Waals surface area contributed by atoms with Crippen molar-refractivity contribution in [3.8, 4) is 0 Å². The first kappa shape index (κ1) is 24.9. The van der Waals surface area contributed by atoms with Crippen LogP contribution in [0.1, 0.15) is 41.5 Å². The Morgan fingerprint density at radius 1 is 1.00 bits per heavy atom. The highest BCUT2D eigenvalue weighted by Crippen LogP contribution is 2.39. The van der Waals surface area contributed by atoms with Gasteiger partial charge in [0.1, 0.15) is 11.9 Å². The second-order valence-electron chi connectivity index (χ2n) is 9.74. The molecule has 0 saturated heterocycles. The van der Waals surface area contributed by atoms with Gasteiger partial charge in [-0.1, -0.05) is 41.5 Å². The van der Waals surface area contributed by atoms with Gasteiger partial charge in [-0.15, -0.1) is 0 Å². The van der Waals surface area contributed by atoms with Crippen LogP contribution < -0.4 is 0 Å². The van der Waals surface area contributed by atoms with Crippen molar-refractivity contribution in [1.82, 2.24) is 0 Å². The zero-order chi connectivity index (χ0) is 20.3. The third-order valence-electron chi connectivity index (χ3n) is 5.50. The largest absolute Gasteiger partial charge is 0.414 e. The number of halogens is 1. The summed E-state index contributed by atoms with van der Waals surface area (Å²) >= 11 is 0. The molecule has 0 aliphatic carbocycles. The Morgan fingerprint density at radius 2 is 1.44 bits per heavy atom. The first-order valence-electron chi connectivity index (χ1n) is 8.92. The van der Waals surface area contributed by atoms with Crippen molar-refractivity contribution in [2.75, 3.05) is 13.2 Å². The van der Waals surface area contributed by atoms with E-state index in [4.69, 9.17) is 14.0 Å². The summed E-state index contributed by atoms with van der Waals surface area (Å²) in [5, 5.41) is 18.5. The summed E-state index contributed by atoms with van der Waals surface area (Å²) in [7, 11) is -4.15. The van der Waals surface area contributed by atoms with Crippen LogP contribution in [0.25, 0.3) is 0 Å². The topological polar surface area (TPSA) is 58.9 Å². The molecule has 0 bridgehead atoms. The average Bonchev–Trinajstić information content (AvgIpc) is 2.41. The molecule has 0 amide bonds. The quantitative estimate of drug-likeness (QED) is 0.590. The zero-order valence-electron chi connectivity index (χ0n) is 17.7. The minimum atomic E-state index is -2.14. The van der Waals surface area contributed by atoms with Gasteiger partial charge in [0.15, 0.2) is 16.6 Å². The molecule has 0 spiro atoms. The third-order valence-corrected chi connectivity index (χ3v) is 14.5. The molecule has 0 aromatic carbocycles. The van der Waals surface area contributed by atoms with Crippen LogP contribution in [0.3, 0.4) is 0 Å². The molecule has 2 atom stereocenters. The number of rotatable bonds is 8. The lowest BCUT2D eigenvalue weighted by Crippen LogP contribution is -2.47. The fourth-order valence-corrected chi connectivity index (χ4v) is 3.81. The van der Waals surface area contributed by atoms with Gasteiger partial charge in [-0.3, -0.25) is 0 Å². The van der Waals surface area contributed by atoms with Gasteiger partial charge in [0.05, 0.1) is 19.3 Å². The van der Waals surface area contributed by atoms with Gasteiger partial charge in [0, 0.05) is 0 Å². The number of aliphatic hydroxyl groups is 2. The smallest absolute Gasteiger partial charge is 0.193 e. The van der Waals surface area contributed by atoms with Gasteiger partial charge in [-0.25, -0.2) is 4.39 Å². The van der Waals surface area contributed by atoms with Crippen LogP contribution in [-0.2, 0) is 8.85 Å². The molecular weight excluding hydrogens is 355 g/mol. The molecule has 150 valence electrons. The van der Waals surface area contributed by atoms with Crippen LogP contribution >= 0.6 is 0 Å². The fraction of sp³-hybridized carbons (Fsp3) is 0.889. The Bertz CT molecular complexity index is 451. The molecule has 0 aliphatic rings. The van der Waals surface area contributed by atoms with Crippen LogP contribution in [-0.4, -0.2) is 52.3 Å². The van der Waals surface area contributed by atoms with Gasteiger partial charge in [0.2, 0.25) is 0 Å². The summed E-state index contributed by atoms with van der Waals surface area (Å²) in [4.78, 5) is 0. The number of hydrogen-bond acceptors (Lipinski definition) is 4. The highest BCUT2D eigenvalue weighted by atomic mass is 28.4. The van der Waals surface area contributed by atoms with E-state index in [1.807, 2.05) is 0 Å². The van der Waals surface area contributed by atoms with E-state index in [0.29, 0.717) is 0 Å². The van der Waals surface area contributed by atoms with E-state index in [1.54, 1.807) is 0 Å². The van der Waals surface area contributed by atoms with E-state index < -0.39 is 41.3 Å². The second-order valence-corrected chi connectivity index (χ2v) is 19.3. The van der Waals surface area contributed by atoms with E-state index >= 15 is 0 Å². The van der Waals surface area contributed by atoms with Crippen molar-refractivity contribution in [1.29, 1.82) is 0 Å². The molecule has 0 rings (SSSR count). The molecule has 0 aliphatic heterocycles. The van der Waals surface area contributed by atoms with Crippen LogP contribution in [0.5, 0.6) is 0 Å². The van der Waals surface area contributed by atoms with Gasteiger partial charge in [-0.05, 0) is 42.3 Å². The third kappa shape index (κ3) is 7.60. The van der Waals surface area contributed by atoms with Gasteiger partial charge in [0.25, 0.3) is 0 Å². The first-order valence-corrected chi connectivity index (χ1v) is 14.7. The predicted molar refractivity (Wildman–Crippen MR) is 108 cm³/mol. The number of aliphatic hydroxyl groups excluding tert-OH is 2. The summed E-state index contributed by atoms with van der Waals surface area (Å²) in [6, 6.07) is 0. The monoisotopic (exact) mass is 394 g/mol. The molecule has 25 heavy (non-hydrogen) atoms. The zero-order valence-corrected chi connectivity index (χ0v) is 19.7. The lowest BCUT2D eigenvalue weighted by Gasteiger charge is -2.41. The molecule has 0 radical (unpaired) electrons. The van der Waals surface area contributed by atoms with Crippen molar-refractivity contribution in [3.05, 3.63) is 11.9 Å². The molecule has 0 aromatic heterocycles. The molecule has 0 aromatic rings. The molecule has 1 unspecified atom stereocenters. The highest BCUT2D eigenvalue weighted by molar-refractivity contribution is 6.74. The van der Waals surface area contributed by atoms with Gasteiger partial charge < -0.3 is 19.1 Å². The van der Waals surface area contributed by atoms with Crippen molar-refractivity contribution < 1.29 is 23.5 Å². The molecule has 0 saturated carbocycles. The summed E-state index contributed by atoms with van der Waals surface area (Å²) in [6.45, 7) is 20.9. The maximum absolute atomic E-state index is 14.1. The Hall–Kier alpha value is -0.0562. The summed E-state index contributed by atoms with van der Waals surface area (Å²) < 4.78 is 26.6. The van der Waals surface area contributed by atoms with E-state index in [0.717, 1.165) is 0 Å². The van der Waals surface area contributed by atoms with Crippen LogP contribution in [0.4, 0.5) is 4.39 Å². The van der Waals surface area contributed by atoms with Gasteiger partial charge >= 0.3 is 0 Å². The fourth-order valence-electron chi connectivity index (χ4n) is 1.55. The summed E-state index contributed by atoms with van der Waals surface area (Å²) in [5.41, 5.74) is 0. The Balaban J connectivity index is 5.43. The van der Waals surface area contributed by atoms with Crippen LogP contribution in [0, 0.1) is 0 Å². The summed E-state index contributed by atoms with van der Waals surface area (Å²) in [5.74, 6) is -0.773. The minimum Gasteiger partial charge on any atom is -0.414 e. The standard InChI is InChI=1S/C18H39FO4Si2/c1-17(2,3)24(7,8)22-13-14(11-15(19)16(21)12-20)23-25(9,10)18(4,5)6/h11,14,16,20-21H,12-13H2,1-10H3/b15-11+/t14-,16?/m1/s1. The number of hydrogen-bond donors (Lipinski definition) is 2.